The van der Waals surface area contributed by atoms with Crippen LogP contribution in [0.2, 0.25) is 0 Å². The van der Waals surface area contributed by atoms with E-state index in [2.05, 4.69) is 26.2 Å². The van der Waals surface area contributed by atoms with Crippen LogP contribution in [0, 0.1) is 0 Å². The summed E-state index contributed by atoms with van der Waals surface area (Å²) in [5.41, 5.74) is 1.96. The predicted octanol–water partition coefficient (Wildman–Crippen LogP) is 3.14. The molecule has 0 amide bonds. The van der Waals surface area contributed by atoms with Crippen molar-refractivity contribution in [2.24, 2.45) is 0 Å². The van der Waals surface area contributed by atoms with Crippen LogP contribution in [0.3, 0.4) is 0 Å². The number of benzene rings is 1. The summed E-state index contributed by atoms with van der Waals surface area (Å²) >= 11 is 3.39. The van der Waals surface area contributed by atoms with Crippen LogP contribution < -0.4 is 10.1 Å². The Bertz CT molecular complexity index is 499. The molecule has 0 fully saturated rings. The van der Waals surface area contributed by atoms with Crippen molar-refractivity contribution in [3.63, 3.8) is 0 Å². The van der Waals surface area contributed by atoms with Crippen molar-refractivity contribution in [3.05, 3.63) is 58.3 Å². The molecule has 2 rings (SSSR count). The number of nitrogens with zero attached hydrogens (tertiary/aromatic N) is 1. The van der Waals surface area contributed by atoms with Gasteiger partial charge in [-0.3, -0.25) is 4.98 Å². The van der Waals surface area contributed by atoms with Crippen LogP contribution in [0.4, 0.5) is 0 Å². The van der Waals surface area contributed by atoms with Gasteiger partial charge in [0.25, 0.3) is 0 Å². The Morgan fingerprint density at radius 3 is 2.56 bits per heavy atom. The highest BCUT2D eigenvalue weighted by Crippen LogP contribution is 2.17. The molecule has 1 N–H and O–H groups in total. The van der Waals surface area contributed by atoms with E-state index in [0.717, 1.165) is 28.2 Å². The van der Waals surface area contributed by atoms with E-state index in [1.165, 1.54) is 0 Å². The number of aromatic nitrogens is 1. The zero-order chi connectivity index (χ0) is 12.8. The van der Waals surface area contributed by atoms with Crippen molar-refractivity contribution in [3.8, 4) is 5.75 Å². The van der Waals surface area contributed by atoms with Crippen LogP contribution in [-0.2, 0) is 13.2 Å². The third-order valence-corrected chi connectivity index (χ3v) is 2.95. The summed E-state index contributed by atoms with van der Waals surface area (Å²) in [6.45, 7) is 1.26. The lowest BCUT2D eigenvalue weighted by Crippen LogP contribution is -2.08. The summed E-state index contributed by atoms with van der Waals surface area (Å²) in [6, 6.07) is 13.8. The minimum Gasteiger partial charge on any atom is -0.487 e. The zero-order valence-electron chi connectivity index (χ0n) is 10.2. The summed E-state index contributed by atoms with van der Waals surface area (Å²) in [5.74, 6) is 0.846. The van der Waals surface area contributed by atoms with Crippen LogP contribution in [0.25, 0.3) is 0 Å². The summed E-state index contributed by atoms with van der Waals surface area (Å²) < 4.78 is 6.72. The van der Waals surface area contributed by atoms with Crippen LogP contribution in [0.5, 0.6) is 5.75 Å². The number of ether oxygens (including phenoxy) is 1. The normalized spacial score (nSPS) is 10.3. The molecule has 0 saturated carbocycles. The maximum absolute atomic E-state index is 5.68. The SMILES string of the molecule is CNCc1cccc(COc2ccc(Br)cc2)n1. The van der Waals surface area contributed by atoms with Crippen LogP contribution in [0.15, 0.2) is 46.9 Å². The maximum Gasteiger partial charge on any atom is 0.130 e. The Morgan fingerprint density at radius 2 is 1.83 bits per heavy atom. The smallest absolute Gasteiger partial charge is 0.130 e. The summed E-state index contributed by atoms with van der Waals surface area (Å²) in [5, 5.41) is 3.08. The van der Waals surface area contributed by atoms with Crippen molar-refractivity contribution >= 4 is 15.9 Å². The van der Waals surface area contributed by atoms with E-state index >= 15 is 0 Å². The molecule has 0 aliphatic carbocycles. The van der Waals surface area contributed by atoms with E-state index in [4.69, 9.17) is 4.74 Å². The molecule has 3 nitrogen and oxygen atoms in total. The molecule has 0 saturated heterocycles. The number of halogens is 1. The van der Waals surface area contributed by atoms with Gasteiger partial charge in [-0.25, -0.2) is 0 Å². The lowest BCUT2D eigenvalue weighted by Gasteiger charge is -2.07. The Kier molecular flexibility index (Phi) is 4.73. The summed E-state index contributed by atoms with van der Waals surface area (Å²) in [6.07, 6.45) is 0. The summed E-state index contributed by atoms with van der Waals surface area (Å²) in [4.78, 5) is 4.50. The number of nitrogens with one attached hydrogen (secondary N) is 1. The molecule has 0 spiro atoms. The minimum absolute atomic E-state index is 0.485. The second-order valence-corrected chi connectivity index (χ2v) is 4.81. The second kappa shape index (κ2) is 6.52. The van der Waals surface area contributed by atoms with E-state index in [1.807, 2.05) is 49.5 Å². The number of pyridine rings is 1. The monoisotopic (exact) mass is 306 g/mol. The van der Waals surface area contributed by atoms with Gasteiger partial charge < -0.3 is 10.1 Å². The molecular weight excluding hydrogens is 292 g/mol. The van der Waals surface area contributed by atoms with Gasteiger partial charge in [0.05, 0.1) is 11.4 Å². The van der Waals surface area contributed by atoms with Crippen molar-refractivity contribution in [1.29, 1.82) is 0 Å². The fourth-order valence-corrected chi connectivity index (χ4v) is 1.84. The van der Waals surface area contributed by atoms with Crippen LogP contribution >= 0.6 is 15.9 Å². The van der Waals surface area contributed by atoms with Gasteiger partial charge in [-0.2, -0.15) is 0 Å². The highest BCUT2D eigenvalue weighted by molar-refractivity contribution is 9.10. The molecule has 0 unspecified atom stereocenters. The average Bonchev–Trinajstić information content (AvgIpc) is 2.39. The van der Waals surface area contributed by atoms with E-state index in [0.29, 0.717) is 6.61 Å². The molecular formula is C14H15BrN2O. The van der Waals surface area contributed by atoms with E-state index in [-0.39, 0.29) is 0 Å². The van der Waals surface area contributed by atoms with Crippen LogP contribution in [0.1, 0.15) is 11.4 Å². The lowest BCUT2D eigenvalue weighted by atomic mass is 10.3. The number of hydrogen-bond donors (Lipinski definition) is 1. The largest absolute Gasteiger partial charge is 0.487 e. The Balaban J connectivity index is 1.97. The highest BCUT2D eigenvalue weighted by atomic mass is 79.9. The minimum atomic E-state index is 0.485. The Hall–Kier alpha value is -1.39. The predicted molar refractivity (Wildman–Crippen MR) is 75.5 cm³/mol. The molecule has 0 aliphatic rings. The van der Waals surface area contributed by atoms with Gasteiger partial charge >= 0.3 is 0 Å². The van der Waals surface area contributed by atoms with Gasteiger partial charge in [0.2, 0.25) is 0 Å². The van der Waals surface area contributed by atoms with Gasteiger partial charge in [0.15, 0.2) is 0 Å². The van der Waals surface area contributed by atoms with Gasteiger partial charge in [0, 0.05) is 11.0 Å². The van der Waals surface area contributed by atoms with E-state index < -0.39 is 0 Å². The van der Waals surface area contributed by atoms with Gasteiger partial charge in [0.1, 0.15) is 12.4 Å². The molecule has 0 radical (unpaired) electrons. The Morgan fingerprint density at radius 1 is 1.11 bits per heavy atom. The molecule has 0 atom stereocenters. The van der Waals surface area contributed by atoms with E-state index in [9.17, 15) is 0 Å². The molecule has 94 valence electrons. The fraction of sp³-hybridized carbons (Fsp3) is 0.214. The molecule has 0 bridgehead atoms. The standard InChI is InChI=1S/C14H15BrN2O/c1-16-9-12-3-2-4-13(17-12)10-18-14-7-5-11(15)6-8-14/h2-8,16H,9-10H2,1H3. The van der Waals surface area contributed by atoms with Crippen molar-refractivity contribution in [1.82, 2.24) is 10.3 Å². The van der Waals surface area contributed by atoms with Crippen molar-refractivity contribution < 1.29 is 4.74 Å². The van der Waals surface area contributed by atoms with E-state index in [1.54, 1.807) is 0 Å². The maximum atomic E-state index is 5.68. The Labute approximate surface area is 115 Å². The molecule has 4 heteroatoms. The zero-order valence-corrected chi connectivity index (χ0v) is 11.8. The lowest BCUT2D eigenvalue weighted by molar-refractivity contribution is 0.301. The molecule has 1 aromatic heterocycles. The topological polar surface area (TPSA) is 34.1 Å². The third-order valence-electron chi connectivity index (χ3n) is 2.42. The van der Waals surface area contributed by atoms with Gasteiger partial charge in [-0.15, -0.1) is 0 Å². The molecule has 0 aliphatic heterocycles. The first-order valence-electron chi connectivity index (χ1n) is 5.76. The first-order chi connectivity index (χ1) is 8.78. The van der Waals surface area contributed by atoms with Crippen molar-refractivity contribution in [2.75, 3.05) is 7.05 Å². The molecule has 18 heavy (non-hydrogen) atoms. The first kappa shape index (κ1) is 13.1. The average molecular weight is 307 g/mol. The molecule has 2 aromatic rings. The van der Waals surface area contributed by atoms with Gasteiger partial charge in [-0.05, 0) is 43.4 Å². The second-order valence-electron chi connectivity index (χ2n) is 3.89. The molecule has 1 aromatic carbocycles. The highest BCUT2D eigenvalue weighted by Gasteiger charge is 1.99. The fourth-order valence-electron chi connectivity index (χ4n) is 1.58. The summed E-state index contributed by atoms with van der Waals surface area (Å²) in [7, 11) is 1.91. The quantitative estimate of drug-likeness (QED) is 0.921. The first-order valence-corrected chi connectivity index (χ1v) is 6.55. The number of hydrogen-bond acceptors (Lipinski definition) is 3. The van der Waals surface area contributed by atoms with Crippen molar-refractivity contribution in [2.45, 2.75) is 13.2 Å². The van der Waals surface area contributed by atoms with Crippen LogP contribution in [-0.4, -0.2) is 12.0 Å². The molecule has 1 heterocycles. The number of rotatable bonds is 5. The van der Waals surface area contributed by atoms with Gasteiger partial charge in [-0.1, -0.05) is 22.0 Å². The third kappa shape index (κ3) is 3.82.